The molecule has 0 N–H and O–H groups in total. The Hall–Kier alpha value is -2.04. The Kier molecular flexibility index (Phi) is 4.05. The van der Waals surface area contributed by atoms with Crippen LogP contribution in [0.25, 0.3) is 0 Å². The predicted molar refractivity (Wildman–Crippen MR) is 88.5 cm³/mol. The molecule has 2 aromatic rings. The summed E-state index contributed by atoms with van der Waals surface area (Å²) in [5.74, 6) is 0.648. The molecule has 1 atom stereocenters. The molecule has 1 aliphatic carbocycles. The maximum absolute atomic E-state index is 10.7. The number of thiophene rings is 2. The lowest BCUT2D eigenvalue weighted by atomic mass is 9.89. The Morgan fingerprint density at radius 1 is 1.50 bits per heavy atom. The summed E-state index contributed by atoms with van der Waals surface area (Å²) in [5.41, 5.74) is 1.82. The molecule has 3 rings (SSSR count). The van der Waals surface area contributed by atoms with Gasteiger partial charge in [-0.3, -0.25) is 10.1 Å². The fourth-order valence-corrected chi connectivity index (χ4v) is 4.57. The van der Waals surface area contributed by atoms with E-state index < -0.39 is 4.92 Å². The Morgan fingerprint density at radius 2 is 2.32 bits per heavy atom. The van der Waals surface area contributed by atoms with Crippen LogP contribution in [0, 0.1) is 27.4 Å². The molecule has 2 heterocycles. The molecule has 0 saturated carbocycles. The molecule has 1 unspecified atom stereocenters. The Bertz CT molecular complexity index is 798. The summed E-state index contributed by atoms with van der Waals surface area (Å²) < 4.78 is 0. The molecule has 7 heteroatoms. The molecule has 0 saturated heterocycles. The van der Waals surface area contributed by atoms with Crippen LogP contribution >= 0.6 is 22.7 Å². The first-order valence-corrected chi connectivity index (χ1v) is 8.54. The van der Waals surface area contributed by atoms with Crippen molar-refractivity contribution in [1.29, 1.82) is 5.26 Å². The number of nitrogens with zero attached hydrogens (tertiary/aromatic N) is 3. The van der Waals surface area contributed by atoms with Crippen molar-refractivity contribution < 1.29 is 4.92 Å². The van der Waals surface area contributed by atoms with Gasteiger partial charge >= 0.3 is 5.00 Å². The van der Waals surface area contributed by atoms with Gasteiger partial charge in [-0.1, -0.05) is 18.3 Å². The van der Waals surface area contributed by atoms with E-state index in [1.807, 2.05) is 0 Å². The molecule has 1 aliphatic rings. The van der Waals surface area contributed by atoms with Gasteiger partial charge < -0.3 is 0 Å². The number of hydrogen-bond donors (Lipinski definition) is 0. The number of nitro groups is 1. The van der Waals surface area contributed by atoms with E-state index in [1.165, 1.54) is 10.9 Å². The minimum absolute atomic E-state index is 0.0984. The van der Waals surface area contributed by atoms with Crippen LogP contribution in [-0.4, -0.2) is 11.1 Å². The van der Waals surface area contributed by atoms with E-state index in [-0.39, 0.29) is 5.00 Å². The van der Waals surface area contributed by atoms with Gasteiger partial charge in [-0.15, -0.1) is 11.3 Å². The number of fused-ring (bicyclic) bond motifs is 1. The van der Waals surface area contributed by atoms with Crippen molar-refractivity contribution in [2.45, 2.75) is 26.2 Å². The molecule has 0 fully saturated rings. The number of nitriles is 1. The SMILES string of the molecule is CC1CCc2c(sc(/N=C/c3ccc([N+](=O)[O-])s3)c2C#N)C1. The fourth-order valence-electron chi connectivity index (χ4n) is 2.57. The third-order valence-corrected chi connectivity index (χ3v) is 5.84. The number of aliphatic imine (C=N–C) groups is 1. The van der Waals surface area contributed by atoms with E-state index in [9.17, 15) is 15.4 Å². The van der Waals surface area contributed by atoms with Gasteiger partial charge in [0, 0.05) is 17.2 Å². The molecular weight excluding hydrogens is 318 g/mol. The van der Waals surface area contributed by atoms with Crippen molar-refractivity contribution >= 4 is 38.9 Å². The number of hydrogen-bond acceptors (Lipinski definition) is 6. The Balaban J connectivity index is 1.90. The van der Waals surface area contributed by atoms with Gasteiger partial charge in [0.2, 0.25) is 0 Å². The van der Waals surface area contributed by atoms with Gasteiger partial charge in [0.1, 0.15) is 11.1 Å². The van der Waals surface area contributed by atoms with Crippen LogP contribution in [0.4, 0.5) is 10.0 Å². The normalized spacial score (nSPS) is 17.4. The fraction of sp³-hybridized carbons (Fsp3) is 0.333. The zero-order chi connectivity index (χ0) is 15.7. The van der Waals surface area contributed by atoms with Crippen molar-refractivity contribution in [3.63, 3.8) is 0 Å². The van der Waals surface area contributed by atoms with E-state index in [2.05, 4.69) is 18.0 Å². The maximum Gasteiger partial charge on any atom is 0.324 e. The first-order chi connectivity index (χ1) is 10.6. The molecule has 2 aromatic heterocycles. The van der Waals surface area contributed by atoms with Crippen LogP contribution in [0.15, 0.2) is 17.1 Å². The highest BCUT2D eigenvalue weighted by Gasteiger charge is 2.23. The van der Waals surface area contributed by atoms with Crippen molar-refractivity contribution in [2.75, 3.05) is 0 Å². The van der Waals surface area contributed by atoms with Gasteiger partial charge in [0.15, 0.2) is 0 Å². The van der Waals surface area contributed by atoms with Gasteiger partial charge in [0.05, 0.1) is 15.4 Å². The highest BCUT2D eigenvalue weighted by molar-refractivity contribution is 7.17. The minimum atomic E-state index is -0.409. The zero-order valence-corrected chi connectivity index (χ0v) is 13.5. The molecule has 22 heavy (non-hydrogen) atoms. The molecular formula is C15H13N3O2S2. The maximum atomic E-state index is 10.7. The molecule has 0 amide bonds. The molecule has 0 aliphatic heterocycles. The summed E-state index contributed by atoms with van der Waals surface area (Å²) >= 11 is 2.66. The summed E-state index contributed by atoms with van der Waals surface area (Å²) in [5, 5.41) is 20.9. The van der Waals surface area contributed by atoms with E-state index in [1.54, 1.807) is 23.6 Å². The summed E-state index contributed by atoms with van der Waals surface area (Å²) in [7, 11) is 0. The lowest BCUT2D eigenvalue weighted by Gasteiger charge is -2.17. The largest absolute Gasteiger partial charge is 0.324 e. The third-order valence-electron chi connectivity index (χ3n) is 3.71. The van der Waals surface area contributed by atoms with Gasteiger partial charge in [0.25, 0.3) is 0 Å². The molecule has 112 valence electrons. The molecule has 0 aromatic carbocycles. The summed E-state index contributed by atoms with van der Waals surface area (Å²) in [6, 6.07) is 5.42. The monoisotopic (exact) mass is 331 g/mol. The Morgan fingerprint density at radius 3 is 3.00 bits per heavy atom. The summed E-state index contributed by atoms with van der Waals surface area (Å²) in [4.78, 5) is 16.7. The van der Waals surface area contributed by atoms with E-state index in [0.29, 0.717) is 11.5 Å². The quantitative estimate of drug-likeness (QED) is 0.473. The van der Waals surface area contributed by atoms with Crippen LogP contribution in [0.2, 0.25) is 0 Å². The van der Waals surface area contributed by atoms with Crippen LogP contribution in [0.3, 0.4) is 0 Å². The average molecular weight is 331 g/mol. The topological polar surface area (TPSA) is 79.3 Å². The average Bonchev–Trinajstić information content (AvgIpc) is 3.08. The van der Waals surface area contributed by atoms with Gasteiger partial charge in [-0.2, -0.15) is 5.26 Å². The van der Waals surface area contributed by atoms with E-state index in [4.69, 9.17) is 0 Å². The van der Waals surface area contributed by atoms with Crippen LogP contribution in [0.5, 0.6) is 0 Å². The summed E-state index contributed by atoms with van der Waals surface area (Å²) in [6.07, 6.45) is 4.67. The predicted octanol–water partition coefficient (Wildman–Crippen LogP) is 4.46. The first-order valence-electron chi connectivity index (χ1n) is 6.91. The van der Waals surface area contributed by atoms with Gasteiger partial charge in [-0.25, -0.2) is 4.99 Å². The van der Waals surface area contributed by atoms with E-state index >= 15 is 0 Å². The standard InChI is InChI=1S/C15H13N3O2S2/c1-9-2-4-11-12(7-16)15(22-13(11)6-9)17-8-10-3-5-14(21-10)18(19)20/h3,5,8-9H,2,4,6H2,1H3/b17-8+. The zero-order valence-electron chi connectivity index (χ0n) is 11.9. The molecule has 0 radical (unpaired) electrons. The minimum Gasteiger partial charge on any atom is -0.258 e. The molecule has 5 nitrogen and oxygen atoms in total. The lowest BCUT2D eigenvalue weighted by Crippen LogP contribution is -2.09. The lowest BCUT2D eigenvalue weighted by molar-refractivity contribution is -0.380. The number of rotatable bonds is 3. The van der Waals surface area contributed by atoms with Crippen molar-refractivity contribution in [1.82, 2.24) is 0 Å². The van der Waals surface area contributed by atoms with Crippen LogP contribution < -0.4 is 0 Å². The van der Waals surface area contributed by atoms with E-state index in [0.717, 1.165) is 46.0 Å². The summed E-state index contributed by atoms with van der Waals surface area (Å²) in [6.45, 7) is 2.22. The highest BCUT2D eigenvalue weighted by atomic mass is 32.1. The second-order valence-corrected chi connectivity index (χ2v) is 7.51. The second kappa shape index (κ2) is 5.99. The molecule has 0 spiro atoms. The highest BCUT2D eigenvalue weighted by Crippen LogP contribution is 2.40. The first kappa shape index (κ1) is 14.9. The van der Waals surface area contributed by atoms with Crippen LogP contribution in [-0.2, 0) is 12.8 Å². The molecule has 0 bridgehead atoms. The van der Waals surface area contributed by atoms with Crippen LogP contribution in [0.1, 0.15) is 34.2 Å². The third kappa shape index (κ3) is 2.80. The van der Waals surface area contributed by atoms with Gasteiger partial charge in [-0.05, 0) is 36.8 Å². The van der Waals surface area contributed by atoms with Crippen molar-refractivity contribution in [3.8, 4) is 6.07 Å². The second-order valence-electron chi connectivity index (χ2n) is 5.34. The van der Waals surface area contributed by atoms with Crippen molar-refractivity contribution in [2.24, 2.45) is 10.9 Å². The Labute approximate surface area is 135 Å². The van der Waals surface area contributed by atoms with Crippen molar-refractivity contribution in [3.05, 3.63) is 43.1 Å². The smallest absolute Gasteiger partial charge is 0.258 e.